The molecule has 0 fully saturated rings. The van der Waals surface area contributed by atoms with Crippen LogP contribution in [0.3, 0.4) is 0 Å². The van der Waals surface area contributed by atoms with E-state index in [0.717, 1.165) is 12.8 Å². The monoisotopic (exact) mass is 330 g/mol. The highest BCUT2D eigenvalue weighted by atomic mass is 16.7. The predicted octanol–water partition coefficient (Wildman–Crippen LogP) is 5.42. The van der Waals surface area contributed by atoms with Crippen LogP contribution in [0.15, 0.2) is 12.3 Å². The molecule has 0 rings (SSSR count). The van der Waals surface area contributed by atoms with E-state index in [9.17, 15) is 0 Å². The highest BCUT2D eigenvalue weighted by Crippen LogP contribution is 2.13. The van der Waals surface area contributed by atoms with Crippen LogP contribution in [0.2, 0.25) is 0 Å². The highest BCUT2D eigenvalue weighted by molar-refractivity contribution is 4.72. The maximum absolute atomic E-state index is 5.18. The Balaban J connectivity index is 3.10. The minimum Gasteiger partial charge on any atom is -0.475 e. The third-order valence-electron chi connectivity index (χ3n) is 3.88. The number of hydrogen-bond donors (Lipinski definition) is 0. The van der Waals surface area contributed by atoms with Crippen molar-refractivity contribution in [2.75, 3.05) is 27.6 Å². The molecule has 0 radical (unpaired) electrons. The third kappa shape index (κ3) is 17.6. The minimum atomic E-state index is -0.0198. The summed E-state index contributed by atoms with van der Waals surface area (Å²) in [5.74, 6) is 0. The molecule has 0 aromatic carbocycles. The van der Waals surface area contributed by atoms with Gasteiger partial charge in [-0.05, 0) is 38.7 Å². The van der Waals surface area contributed by atoms with Gasteiger partial charge in [0.1, 0.15) is 0 Å². The van der Waals surface area contributed by atoms with Gasteiger partial charge < -0.3 is 18.9 Å². The molecular weight excluding hydrogens is 292 g/mol. The van der Waals surface area contributed by atoms with Crippen LogP contribution in [-0.4, -0.2) is 33.9 Å². The fraction of sp³-hybridized carbons (Fsp3) is 0.895. The topological polar surface area (TPSA) is 36.9 Å². The quantitative estimate of drug-likeness (QED) is 0.191. The van der Waals surface area contributed by atoms with E-state index in [2.05, 4.69) is 6.08 Å². The highest BCUT2D eigenvalue weighted by Gasteiger charge is 2.03. The van der Waals surface area contributed by atoms with Gasteiger partial charge in [0.2, 0.25) is 0 Å². The SMILES string of the molecule is CCOCOC=CCCCCCCCCCCCC(OC)OC. The lowest BCUT2D eigenvalue weighted by Gasteiger charge is -2.12. The van der Waals surface area contributed by atoms with Gasteiger partial charge >= 0.3 is 0 Å². The molecule has 0 amide bonds. The van der Waals surface area contributed by atoms with Crippen molar-refractivity contribution in [3.8, 4) is 0 Å². The lowest BCUT2D eigenvalue weighted by molar-refractivity contribution is -0.107. The second kappa shape index (κ2) is 19.5. The number of rotatable bonds is 18. The molecule has 23 heavy (non-hydrogen) atoms. The van der Waals surface area contributed by atoms with Crippen LogP contribution in [0.25, 0.3) is 0 Å². The van der Waals surface area contributed by atoms with Crippen molar-refractivity contribution in [3.63, 3.8) is 0 Å². The van der Waals surface area contributed by atoms with Gasteiger partial charge in [0, 0.05) is 20.8 Å². The summed E-state index contributed by atoms with van der Waals surface area (Å²) in [4.78, 5) is 0. The summed E-state index contributed by atoms with van der Waals surface area (Å²) in [5.41, 5.74) is 0. The summed E-state index contributed by atoms with van der Waals surface area (Å²) in [7, 11) is 3.41. The van der Waals surface area contributed by atoms with Crippen LogP contribution in [0.1, 0.15) is 77.6 Å². The van der Waals surface area contributed by atoms with Gasteiger partial charge in [0.15, 0.2) is 13.1 Å². The Hall–Kier alpha value is -0.580. The maximum Gasteiger partial charge on any atom is 0.188 e. The summed E-state index contributed by atoms with van der Waals surface area (Å²) < 4.78 is 20.6. The van der Waals surface area contributed by atoms with Gasteiger partial charge in [0.25, 0.3) is 0 Å². The second-order valence-electron chi connectivity index (χ2n) is 5.81. The smallest absolute Gasteiger partial charge is 0.188 e. The van der Waals surface area contributed by atoms with Crippen LogP contribution < -0.4 is 0 Å². The molecular formula is C19H38O4. The summed E-state index contributed by atoms with van der Waals surface area (Å²) >= 11 is 0. The van der Waals surface area contributed by atoms with Gasteiger partial charge in [0.05, 0.1) is 6.26 Å². The average Bonchev–Trinajstić information content (AvgIpc) is 2.58. The first-order valence-corrected chi connectivity index (χ1v) is 9.25. The molecule has 0 saturated carbocycles. The zero-order valence-corrected chi connectivity index (χ0v) is 15.6. The van der Waals surface area contributed by atoms with E-state index in [0.29, 0.717) is 13.4 Å². The van der Waals surface area contributed by atoms with E-state index in [1.54, 1.807) is 20.5 Å². The molecule has 0 bridgehead atoms. The lowest BCUT2D eigenvalue weighted by Crippen LogP contribution is -2.12. The fourth-order valence-electron chi connectivity index (χ4n) is 2.45. The van der Waals surface area contributed by atoms with Crippen molar-refractivity contribution in [1.29, 1.82) is 0 Å². The van der Waals surface area contributed by atoms with Crippen LogP contribution in [0, 0.1) is 0 Å². The molecule has 0 N–H and O–H groups in total. The number of hydrogen-bond acceptors (Lipinski definition) is 4. The Morgan fingerprint density at radius 2 is 1.35 bits per heavy atom. The normalized spacial score (nSPS) is 11.7. The van der Waals surface area contributed by atoms with Crippen LogP contribution >= 0.6 is 0 Å². The van der Waals surface area contributed by atoms with E-state index in [-0.39, 0.29) is 6.29 Å². The molecule has 0 saturated heterocycles. The summed E-state index contributed by atoms with van der Waals surface area (Å²) in [6.07, 6.45) is 17.8. The minimum absolute atomic E-state index is 0.0198. The molecule has 0 aliphatic heterocycles. The zero-order chi connectivity index (χ0) is 17.0. The van der Waals surface area contributed by atoms with Gasteiger partial charge in [-0.3, -0.25) is 0 Å². The first-order chi connectivity index (χ1) is 11.3. The van der Waals surface area contributed by atoms with Gasteiger partial charge in [-0.2, -0.15) is 0 Å². The van der Waals surface area contributed by atoms with Crippen LogP contribution in [0.5, 0.6) is 0 Å². The molecule has 0 unspecified atom stereocenters. The average molecular weight is 331 g/mol. The number of methoxy groups -OCH3 is 2. The molecule has 0 atom stereocenters. The van der Waals surface area contributed by atoms with E-state index in [4.69, 9.17) is 18.9 Å². The maximum atomic E-state index is 5.18. The molecule has 4 heteroatoms. The Labute approximate surface area is 143 Å². The molecule has 0 heterocycles. The first kappa shape index (κ1) is 22.4. The molecule has 4 nitrogen and oxygen atoms in total. The van der Waals surface area contributed by atoms with Crippen molar-refractivity contribution < 1.29 is 18.9 Å². The fourth-order valence-corrected chi connectivity index (χ4v) is 2.45. The molecule has 0 aromatic rings. The Morgan fingerprint density at radius 3 is 1.91 bits per heavy atom. The first-order valence-electron chi connectivity index (χ1n) is 9.25. The molecule has 0 aliphatic rings. The van der Waals surface area contributed by atoms with E-state index >= 15 is 0 Å². The second-order valence-corrected chi connectivity index (χ2v) is 5.81. The lowest BCUT2D eigenvalue weighted by atomic mass is 10.1. The largest absolute Gasteiger partial charge is 0.475 e. The van der Waals surface area contributed by atoms with E-state index in [1.807, 2.05) is 6.92 Å². The van der Waals surface area contributed by atoms with E-state index in [1.165, 1.54) is 57.8 Å². The number of ether oxygens (including phenoxy) is 4. The van der Waals surface area contributed by atoms with Crippen LogP contribution in [0.4, 0.5) is 0 Å². The Bertz CT molecular complexity index is 240. The van der Waals surface area contributed by atoms with E-state index < -0.39 is 0 Å². The number of allylic oxidation sites excluding steroid dienone is 1. The Morgan fingerprint density at radius 1 is 0.783 bits per heavy atom. The standard InChI is InChI=1S/C19H38O4/c1-4-22-18-23-17-15-13-11-9-7-5-6-8-10-12-14-16-19(20-2)21-3/h15,17,19H,4-14,16,18H2,1-3H3. The van der Waals surface area contributed by atoms with Crippen LogP contribution in [-0.2, 0) is 18.9 Å². The summed E-state index contributed by atoms with van der Waals surface area (Å²) in [6, 6.07) is 0. The zero-order valence-electron chi connectivity index (χ0n) is 15.6. The summed E-state index contributed by atoms with van der Waals surface area (Å²) in [5, 5.41) is 0. The van der Waals surface area contributed by atoms with Crippen molar-refractivity contribution >= 4 is 0 Å². The summed E-state index contributed by atoms with van der Waals surface area (Å²) in [6.45, 7) is 3.03. The van der Waals surface area contributed by atoms with Gasteiger partial charge in [-0.25, -0.2) is 0 Å². The van der Waals surface area contributed by atoms with Gasteiger partial charge in [-0.1, -0.05) is 44.9 Å². The van der Waals surface area contributed by atoms with Gasteiger partial charge in [-0.15, -0.1) is 0 Å². The molecule has 0 aromatic heterocycles. The van der Waals surface area contributed by atoms with Crippen molar-refractivity contribution in [2.45, 2.75) is 83.8 Å². The van der Waals surface area contributed by atoms with Crippen molar-refractivity contribution in [1.82, 2.24) is 0 Å². The predicted molar refractivity (Wildman–Crippen MR) is 95.3 cm³/mol. The number of unbranched alkanes of at least 4 members (excludes halogenated alkanes) is 9. The van der Waals surface area contributed by atoms with Crippen molar-refractivity contribution in [2.24, 2.45) is 0 Å². The Kier molecular flexibility index (Phi) is 19.0. The van der Waals surface area contributed by atoms with Crippen molar-refractivity contribution in [3.05, 3.63) is 12.3 Å². The molecule has 0 spiro atoms. The third-order valence-corrected chi connectivity index (χ3v) is 3.88. The molecule has 0 aliphatic carbocycles. The molecule has 138 valence electrons.